The molecule has 6 nitrogen and oxygen atoms in total. The van der Waals surface area contributed by atoms with Gasteiger partial charge in [-0.2, -0.15) is 13.2 Å². The number of hydrogen-bond acceptors (Lipinski definition) is 4. The molecular formula is C16H17F3N2O4. The van der Waals surface area contributed by atoms with Crippen LogP contribution in [-0.2, 0) is 27.3 Å². The average molecular weight is 358 g/mol. The lowest BCUT2D eigenvalue weighted by molar-refractivity contribution is -0.192. The molecule has 25 heavy (non-hydrogen) atoms. The maximum atomic E-state index is 11.8. The van der Waals surface area contributed by atoms with E-state index in [-0.39, 0.29) is 17.7 Å². The number of nitrogens with one attached hydrogen (secondary N) is 2. The van der Waals surface area contributed by atoms with E-state index in [4.69, 9.17) is 9.90 Å². The Morgan fingerprint density at radius 3 is 2.44 bits per heavy atom. The number of carboxylic acid groups (broad SMARTS) is 1. The lowest BCUT2D eigenvalue weighted by atomic mass is 9.87. The number of piperidine rings is 1. The van der Waals surface area contributed by atoms with Crippen LogP contribution in [0.5, 0.6) is 0 Å². The molecule has 2 aliphatic heterocycles. The standard InChI is InChI=1S/C14H16N2O2.C2HF3O2/c17-13-4-3-12(14(18)16-13)10-1-2-11-8-15-6-5-9(11)7-10;3-2(4,5)1(6)7/h1-2,7,12,15H,3-6,8H2,(H,16,17,18);(H,6,7). The molecule has 1 saturated heterocycles. The average Bonchev–Trinajstić information content (AvgIpc) is 2.54. The summed E-state index contributed by atoms with van der Waals surface area (Å²) in [6.07, 6.45) is -3.01. The van der Waals surface area contributed by atoms with Crippen molar-refractivity contribution in [2.45, 2.75) is 37.9 Å². The highest BCUT2D eigenvalue weighted by Crippen LogP contribution is 2.27. The molecule has 0 saturated carbocycles. The summed E-state index contributed by atoms with van der Waals surface area (Å²) in [4.78, 5) is 31.9. The molecule has 3 N–H and O–H groups in total. The highest BCUT2D eigenvalue weighted by Gasteiger charge is 2.38. The molecular weight excluding hydrogens is 341 g/mol. The summed E-state index contributed by atoms with van der Waals surface area (Å²) in [6.45, 7) is 1.90. The zero-order valence-corrected chi connectivity index (χ0v) is 13.2. The van der Waals surface area contributed by atoms with Crippen LogP contribution in [0.2, 0.25) is 0 Å². The summed E-state index contributed by atoms with van der Waals surface area (Å²) < 4.78 is 31.7. The number of halogens is 3. The number of carbonyl (C=O) groups is 3. The molecule has 1 fully saturated rings. The van der Waals surface area contributed by atoms with Gasteiger partial charge in [0, 0.05) is 13.0 Å². The molecule has 3 rings (SSSR count). The molecule has 1 unspecified atom stereocenters. The van der Waals surface area contributed by atoms with Crippen LogP contribution < -0.4 is 10.6 Å². The van der Waals surface area contributed by atoms with Gasteiger partial charge < -0.3 is 10.4 Å². The molecule has 0 radical (unpaired) electrons. The number of fused-ring (bicyclic) bond motifs is 1. The number of benzene rings is 1. The van der Waals surface area contributed by atoms with E-state index in [0.717, 1.165) is 25.1 Å². The van der Waals surface area contributed by atoms with Crippen LogP contribution in [0.15, 0.2) is 18.2 Å². The fraction of sp³-hybridized carbons (Fsp3) is 0.438. The Morgan fingerprint density at radius 2 is 1.84 bits per heavy atom. The predicted molar refractivity (Wildman–Crippen MR) is 80.7 cm³/mol. The van der Waals surface area contributed by atoms with Crippen molar-refractivity contribution in [2.75, 3.05) is 6.54 Å². The first-order chi connectivity index (χ1) is 11.7. The van der Waals surface area contributed by atoms with E-state index in [1.807, 2.05) is 6.07 Å². The number of carboxylic acids is 1. The number of hydrogen-bond donors (Lipinski definition) is 3. The van der Waals surface area contributed by atoms with Gasteiger partial charge in [-0.05, 0) is 36.1 Å². The monoisotopic (exact) mass is 358 g/mol. The van der Waals surface area contributed by atoms with Gasteiger partial charge in [-0.25, -0.2) is 4.79 Å². The molecule has 1 atom stereocenters. The fourth-order valence-electron chi connectivity index (χ4n) is 2.73. The number of alkyl halides is 3. The van der Waals surface area contributed by atoms with Crippen molar-refractivity contribution in [1.82, 2.24) is 10.6 Å². The number of carbonyl (C=O) groups excluding carboxylic acids is 2. The van der Waals surface area contributed by atoms with Crippen LogP contribution in [0.1, 0.15) is 35.4 Å². The van der Waals surface area contributed by atoms with Crippen LogP contribution in [0.3, 0.4) is 0 Å². The van der Waals surface area contributed by atoms with E-state index < -0.39 is 12.1 Å². The third-order valence-electron chi connectivity index (χ3n) is 4.00. The predicted octanol–water partition coefficient (Wildman–Crippen LogP) is 1.49. The smallest absolute Gasteiger partial charge is 0.475 e. The molecule has 2 heterocycles. The molecule has 0 bridgehead atoms. The largest absolute Gasteiger partial charge is 0.490 e. The Morgan fingerprint density at radius 1 is 1.16 bits per heavy atom. The summed E-state index contributed by atoms with van der Waals surface area (Å²) in [7, 11) is 0. The minimum Gasteiger partial charge on any atom is -0.475 e. The molecule has 9 heteroatoms. The second-order valence-corrected chi connectivity index (χ2v) is 5.76. The maximum absolute atomic E-state index is 11.8. The molecule has 0 aromatic heterocycles. The lowest BCUT2D eigenvalue weighted by Crippen LogP contribution is -2.39. The van der Waals surface area contributed by atoms with E-state index in [9.17, 15) is 22.8 Å². The Balaban J connectivity index is 0.000000277. The Labute approximate surface area is 141 Å². The van der Waals surface area contributed by atoms with Crippen LogP contribution in [0.25, 0.3) is 0 Å². The van der Waals surface area contributed by atoms with Crippen molar-refractivity contribution < 1.29 is 32.7 Å². The van der Waals surface area contributed by atoms with Crippen molar-refractivity contribution in [2.24, 2.45) is 0 Å². The van der Waals surface area contributed by atoms with Crippen molar-refractivity contribution in [3.63, 3.8) is 0 Å². The molecule has 1 aromatic rings. The Bertz CT molecular complexity index is 688. The maximum Gasteiger partial charge on any atom is 0.490 e. The molecule has 1 aromatic carbocycles. The topological polar surface area (TPSA) is 95.5 Å². The van der Waals surface area contributed by atoms with Crippen LogP contribution in [0.4, 0.5) is 13.2 Å². The SMILES string of the molecule is O=C(O)C(F)(F)F.O=C1CCC(c2ccc3c(c2)CCNC3)C(=O)N1. The second-order valence-electron chi connectivity index (χ2n) is 5.76. The zero-order chi connectivity index (χ0) is 18.6. The van der Waals surface area contributed by atoms with Crippen LogP contribution >= 0.6 is 0 Å². The van der Waals surface area contributed by atoms with E-state index in [2.05, 4.69) is 22.8 Å². The summed E-state index contributed by atoms with van der Waals surface area (Å²) in [5.41, 5.74) is 3.69. The van der Waals surface area contributed by atoms with E-state index in [1.54, 1.807) is 0 Å². The Kier molecular flexibility index (Phi) is 5.78. The third kappa shape index (κ3) is 5.02. The fourth-order valence-corrected chi connectivity index (χ4v) is 2.73. The number of aliphatic carboxylic acids is 1. The van der Waals surface area contributed by atoms with Gasteiger partial charge >= 0.3 is 12.1 Å². The van der Waals surface area contributed by atoms with Gasteiger partial charge in [0.25, 0.3) is 0 Å². The highest BCUT2D eigenvalue weighted by atomic mass is 19.4. The number of amides is 2. The third-order valence-corrected chi connectivity index (χ3v) is 4.00. The number of rotatable bonds is 1. The first-order valence-electron chi connectivity index (χ1n) is 7.64. The van der Waals surface area contributed by atoms with Crippen molar-refractivity contribution in [3.8, 4) is 0 Å². The van der Waals surface area contributed by atoms with Gasteiger partial charge in [0.05, 0.1) is 5.92 Å². The van der Waals surface area contributed by atoms with Crippen molar-refractivity contribution in [1.29, 1.82) is 0 Å². The summed E-state index contributed by atoms with van der Waals surface area (Å²) in [6, 6.07) is 6.25. The second kappa shape index (κ2) is 7.64. The highest BCUT2D eigenvalue weighted by molar-refractivity contribution is 6.00. The van der Waals surface area contributed by atoms with Crippen LogP contribution in [0, 0.1) is 0 Å². The minimum atomic E-state index is -5.08. The molecule has 0 spiro atoms. The van der Waals surface area contributed by atoms with E-state index in [1.165, 1.54) is 11.1 Å². The van der Waals surface area contributed by atoms with Gasteiger partial charge in [0.15, 0.2) is 0 Å². The van der Waals surface area contributed by atoms with Gasteiger partial charge in [-0.15, -0.1) is 0 Å². The summed E-state index contributed by atoms with van der Waals surface area (Å²) in [5, 5.41) is 12.9. The quantitative estimate of drug-likeness (QED) is 0.661. The first-order valence-corrected chi connectivity index (χ1v) is 7.64. The molecule has 0 aliphatic carbocycles. The van der Waals surface area contributed by atoms with Gasteiger partial charge in [-0.3, -0.25) is 14.9 Å². The van der Waals surface area contributed by atoms with Gasteiger partial charge in [0.2, 0.25) is 11.8 Å². The summed E-state index contributed by atoms with van der Waals surface area (Å²) in [5.74, 6) is -3.23. The molecule has 2 amide bonds. The normalized spacial score (nSPS) is 20.0. The van der Waals surface area contributed by atoms with Crippen molar-refractivity contribution >= 4 is 17.8 Å². The minimum absolute atomic E-state index is 0.153. The van der Waals surface area contributed by atoms with E-state index in [0.29, 0.717) is 12.8 Å². The Hall–Kier alpha value is -2.42. The number of imide groups is 1. The first kappa shape index (κ1) is 18.9. The van der Waals surface area contributed by atoms with Crippen molar-refractivity contribution in [3.05, 3.63) is 34.9 Å². The van der Waals surface area contributed by atoms with Crippen LogP contribution in [-0.4, -0.2) is 35.6 Å². The van der Waals surface area contributed by atoms with Gasteiger partial charge in [-0.1, -0.05) is 18.2 Å². The summed E-state index contributed by atoms with van der Waals surface area (Å²) >= 11 is 0. The zero-order valence-electron chi connectivity index (χ0n) is 13.2. The molecule has 136 valence electrons. The molecule has 2 aliphatic rings. The van der Waals surface area contributed by atoms with E-state index >= 15 is 0 Å². The lowest BCUT2D eigenvalue weighted by Gasteiger charge is -2.23. The van der Waals surface area contributed by atoms with Gasteiger partial charge in [0.1, 0.15) is 0 Å².